The van der Waals surface area contributed by atoms with E-state index in [-0.39, 0.29) is 18.2 Å². The summed E-state index contributed by atoms with van der Waals surface area (Å²) in [6.45, 7) is 7.88. The minimum Gasteiger partial charge on any atom is -0.371 e. The molecule has 0 unspecified atom stereocenters. The van der Waals surface area contributed by atoms with Crippen LogP contribution >= 0.6 is 11.3 Å². The minimum absolute atomic E-state index is 0.0522. The van der Waals surface area contributed by atoms with E-state index in [1.165, 1.54) is 48.1 Å². The predicted molar refractivity (Wildman–Crippen MR) is 156 cm³/mol. The van der Waals surface area contributed by atoms with Crippen LogP contribution in [0.4, 0.5) is 37.2 Å². The van der Waals surface area contributed by atoms with Crippen molar-refractivity contribution in [3.8, 4) is 0 Å². The van der Waals surface area contributed by atoms with Crippen molar-refractivity contribution < 1.29 is 26.3 Å². The molecule has 0 N–H and O–H groups in total. The molecule has 2 aromatic carbocycles. The van der Waals surface area contributed by atoms with Crippen LogP contribution in [0.2, 0.25) is 0 Å². The molecule has 10 heteroatoms. The zero-order chi connectivity index (χ0) is 30.2. The van der Waals surface area contributed by atoms with E-state index < -0.39 is 23.5 Å². The quantitative estimate of drug-likeness (QED) is 0.225. The molecule has 2 aliphatic rings. The van der Waals surface area contributed by atoms with Gasteiger partial charge >= 0.3 is 12.4 Å². The molecule has 2 aliphatic carbocycles. The van der Waals surface area contributed by atoms with Gasteiger partial charge in [0.2, 0.25) is 0 Å². The number of hydrogen-bond donors (Lipinski definition) is 0. The summed E-state index contributed by atoms with van der Waals surface area (Å²) >= 11 is 1.41. The lowest BCUT2D eigenvalue weighted by Gasteiger charge is -2.31. The molecule has 0 bridgehead atoms. The lowest BCUT2D eigenvalue weighted by Crippen LogP contribution is -2.31. The summed E-state index contributed by atoms with van der Waals surface area (Å²) < 4.78 is 82.1. The van der Waals surface area contributed by atoms with Crippen LogP contribution in [0.1, 0.15) is 83.0 Å². The molecule has 228 valence electrons. The van der Waals surface area contributed by atoms with E-state index in [9.17, 15) is 26.3 Å². The Balaban J connectivity index is 1.56. The smallest absolute Gasteiger partial charge is 0.371 e. The van der Waals surface area contributed by atoms with E-state index in [0.29, 0.717) is 17.6 Å². The van der Waals surface area contributed by atoms with Crippen LogP contribution in [0, 0.1) is 19.8 Å². The molecule has 0 radical (unpaired) electrons. The molecular weight excluding hydrogens is 572 g/mol. The van der Waals surface area contributed by atoms with E-state index in [1.807, 2.05) is 18.7 Å². The second-order valence-electron chi connectivity index (χ2n) is 11.7. The summed E-state index contributed by atoms with van der Waals surface area (Å²) in [5.41, 5.74) is 2.89. The Morgan fingerprint density at radius 3 is 1.98 bits per heavy atom. The highest BCUT2D eigenvalue weighted by molar-refractivity contribution is 7.15. The molecule has 0 aliphatic heterocycles. The van der Waals surface area contributed by atoms with Crippen molar-refractivity contribution in [3.05, 3.63) is 74.3 Å². The maximum absolute atomic E-state index is 13.7. The monoisotopic (exact) mass is 609 g/mol. The third-order valence-corrected chi connectivity index (χ3v) is 9.77. The number of aryl methyl sites for hydroxylation is 4. The minimum atomic E-state index is -4.90. The second kappa shape index (κ2) is 12.1. The molecule has 1 fully saturated rings. The first-order valence-electron chi connectivity index (χ1n) is 14.7. The van der Waals surface area contributed by atoms with Gasteiger partial charge in [-0.05, 0) is 105 Å². The molecule has 42 heavy (non-hydrogen) atoms. The van der Waals surface area contributed by atoms with Crippen molar-refractivity contribution in [3.63, 3.8) is 0 Å². The summed E-state index contributed by atoms with van der Waals surface area (Å²) in [6.07, 6.45) is -1.84. The van der Waals surface area contributed by atoms with Crippen LogP contribution in [-0.2, 0) is 38.3 Å². The number of nitrogens with zero attached hydrogens (tertiary/aromatic N) is 3. The van der Waals surface area contributed by atoms with Gasteiger partial charge < -0.3 is 9.80 Å². The van der Waals surface area contributed by atoms with Gasteiger partial charge in [-0.25, -0.2) is 4.98 Å². The Morgan fingerprint density at radius 2 is 1.43 bits per heavy atom. The second-order valence-corrected chi connectivity index (χ2v) is 12.9. The highest BCUT2D eigenvalue weighted by atomic mass is 32.1. The van der Waals surface area contributed by atoms with Gasteiger partial charge in [0.25, 0.3) is 0 Å². The van der Waals surface area contributed by atoms with Gasteiger partial charge in [0.15, 0.2) is 5.13 Å². The van der Waals surface area contributed by atoms with Gasteiger partial charge in [-0.3, -0.25) is 0 Å². The summed E-state index contributed by atoms with van der Waals surface area (Å²) in [7, 11) is 0. The Morgan fingerprint density at radius 1 is 0.810 bits per heavy atom. The maximum atomic E-state index is 13.7. The van der Waals surface area contributed by atoms with Crippen molar-refractivity contribution in [1.82, 2.24) is 4.98 Å². The highest BCUT2D eigenvalue weighted by Gasteiger charge is 2.37. The molecule has 0 saturated heterocycles. The number of anilines is 2. The average Bonchev–Trinajstić information content (AvgIpc) is 3.67. The normalized spacial score (nSPS) is 15.8. The number of alkyl halides is 6. The van der Waals surface area contributed by atoms with Gasteiger partial charge in [0.05, 0.1) is 16.8 Å². The number of rotatable bonds is 9. The fourth-order valence-corrected chi connectivity index (χ4v) is 7.21. The van der Waals surface area contributed by atoms with E-state index >= 15 is 0 Å². The summed E-state index contributed by atoms with van der Waals surface area (Å²) in [4.78, 5) is 9.89. The molecule has 1 heterocycles. The van der Waals surface area contributed by atoms with Gasteiger partial charge in [0.1, 0.15) is 0 Å². The summed E-state index contributed by atoms with van der Waals surface area (Å²) in [5, 5.41) is 0.585. The molecule has 1 aromatic heterocycles. The number of thiazole rings is 1. The van der Waals surface area contributed by atoms with Gasteiger partial charge in [-0.15, -0.1) is 11.3 Å². The summed E-state index contributed by atoms with van der Waals surface area (Å²) in [5.74, 6) is 0.623. The standard InChI is InChI=1S/C32H37F6N3S/c1-4-40(17-22-8-5-6-9-22)29-15-25-11-7-10-24(25)14-26(29)19-41(30-39-20(2)21(3)42-30)18-23-12-27(31(33,34)35)16-28(13-23)32(36,37)38/h12-16,22H,4-11,17-19H2,1-3H3. The molecular formula is C32H37F6N3S. The van der Waals surface area contributed by atoms with Crippen LogP contribution < -0.4 is 9.80 Å². The number of fused-ring (bicyclic) bond motifs is 1. The zero-order valence-electron chi connectivity index (χ0n) is 24.3. The van der Waals surface area contributed by atoms with E-state index in [1.54, 1.807) is 0 Å². The Hall–Kier alpha value is -2.75. The molecule has 5 rings (SSSR count). The molecule has 1 saturated carbocycles. The third kappa shape index (κ3) is 6.90. The maximum Gasteiger partial charge on any atom is 0.416 e. The first-order chi connectivity index (χ1) is 19.8. The van der Waals surface area contributed by atoms with E-state index in [2.05, 4.69) is 28.9 Å². The number of hydrogen-bond acceptors (Lipinski definition) is 4. The third-order valence-electron chi connectivity index (χ3n) is 8.64. The Kier molecular flexibility index (Phi) is 8.84. The van der Waals surface area contributed by atoms with Crippen molar-refractivity contribution in [2.75, 3.05) is 22.9 Å². The SMILES string of the molecule is CCN(CC1CCCC1)c1cc2c(cc1CN(Cc1cc(C(F)(F)F)cc(C(F)(F)F)c1)c1nc(C)c(C)s1)CCC2. The van der Waals surface area contributed by atoms with Crippen LogP contribution in [0.15, 0.2) is 30.3 Å². The van der Waals surface area contributed by atoms with Crippen molar-refractivity contribution in [2.45, 2.75) is 91.2 Å². The van der Waals surface area contributed by atoms with Crippen molar-refractivity contribution in [1.29, 1.82) is 0 Å². The molecule has 0 amide bonds. The predicted octanol–water partition coefficient (Wildman–Crippen LogP) is 9.51. The van der Waals surface area contributed by atoms with Crippen molar-refractivity contribution in [2.24, 2.45) is 5.92 Å². The largest absolute Gasteiger partial charge is 0.416 e. The lowest BCUT2D eigenvalue weighted by molar-refractivity contribution is -0.143. The van der Waals surface area contributed by atoms with E-state index in [4.69, 9.17) is 0 Å². The topological polar surface area (TPSA) is 19.4 Å². The first kappa shape index (κ1) is 30.7. The number of aromatic nitrogens is 1. The fraction of sp³-hybridized carbons (Fsp3) is 0.531. The van der Waals surface area contributed by atoms with Gasteiger partial charge in [-0.2, -0.15) is 26.3 Å². The summed E-state index contributed by atoms with van der Waals surface area (Å²) in [6, 6.07) is 6.34. The first-order valence-corrected chi connectivity index (χ1v) is 15.5. The zero-order valence-corrected chi connectivity index (χ0v) is 25.1. The molecule has 3 aromatic rings. The van der Waals surface area contributed by atoms with Crippen LogP contribution in [0.25, 0.3) is 0 Å². The Bertz CT molecular complexity index is 1350. The lowest BCUT2D eigenvalue weighted by atomic mass is 10.0. The van der Waals surface area contributed by atoms with Crippen LogP contribution in [0.5, 0.6) is 0 Å². The van der Waals surface area contributed by atoms with Crippen molar-refractivity contribution >= 4 is 22.2 Å². The van der Waals surface area contributed by atoms with Gasteiger partial charge in [0, 0.05) is 36.7 Å². The highest BCUT2D eigenvalue weighted by Crippen LogP contribution is 2.39. The fourth-order valence-electron chi connectivity index (χ4n) is 6.30. The van der Waals surface area contributed by atoms with Crippen LogP contribution in [0.3, 0.4) is 0 Å². The average molecular weight is 610 g/mol. The van der Waals surface area contributed by atoms with Crippen LogP contribution in [-0.4, -0.2) is 18.1 Å². The molecule has 0 atom stereocenters. The number of benzene rings is 2. The van der Waals surface area contributed by atoms with Gasteiger partial charge in [-0.1, -0.05) is 18.9 Å². The van der Waals surface area contributed by atoms with E-state index in [0.717, 1.165) is 66.3 Å². The molecule has 3 nitrogen and oxygen atoms in total. The Labute approximate surface area is 247 Å². The number of halogens is 6. The molecule has 0 spiro atoms.